The zero-order valence-corrected chi connectivity index (χ0v) is 16.5. The number of urea groups is 1. The van der Waals surface area contributed by atoms with E-state index < -0.39 is 0 Å². The topological polar surface area (TPSA) is 71.8 Å². The van der Waals surface area contributed by atoms with Crippen molar-refractivity contribution in [3.8, 4) is 11.4 Å². The van der Waals surface area contributed by atoms with Crippen LogP contribution in [0.1, 0.15) is 11.1 Å². The van der Waals surface area contributed by atoms with Crippen molar-refractivity contribution in [2.24, 2.45) is 0 Å². The van der Waals surface area contributed by atoms with Gasteiger partial charge in [0.05, 0.1) is 0 Å². The van der Waals surface area contributed by atoms with E-state index in [1.165, 1.54) is 0 Å². The Morgan fingerprint density at radius 2 is 1.86 bits per heavy atom. The van der Waals surface area contributed by atoms with Gasteiger partial charge in [-0.3, -0.25) is 0 Å². The lowest BCUT2D eigenvalue weighted by Crippen LogP contribution is -2.31. The van der Waals surface area contributed by atoms with E-state index in [0.29, 0.717) is 13.1 Å². The Bertz CT molecular complexity index is 1150. The third-order valence-corrected chi connectivity index (χ3v) is 4.80. The Morgan fingerprint density at radius 1 is 1.03 bits per heavy atom. The van der Waals surface area contributed by atoms with Gasteiger partial charge in [0.1, 0.15) is 11.3 Å². The molecule has 2 aromatic carbocycles. The van der Waals surface area contributed by atoms with E-state index in [0.717, 1.165) is 39.4 Å². The van der Waals surface area contributed by atoms with Crippen molar-refractivity contribution >= 4 is 22.9 Å². The highest BCUT2D eigenvalue weighted by atomic mass is 16.2. The largest absolute Gasteiger partial charge is 0.336 e. The van der Waals surface area contributed by atoms with E-state index in [1.54, 1.807) is 6.20 Å². The Hall–Kier alpha value is -3.67. The maximum atomic E-state index is 12.4. The zero-order chi connectivity index (χ0) is 20.2. The number of imidazole rings is 1. The molecular formula is C23H23N5O. The number of benzene rings is 2. The normalized spacial score (nSPS) is 10.8. The second-order valence-electron chi connectivity index (χ2n) is 7.00. The van der Waals surface area contributed by atoms with E-state index in [-0.39, 0.29) is 6.03 Å². The molecule has 2 heterocycles. The first-order valence-corrected chi connectivity index (χ1v) is 9.60. The lowest BCUT2D eigenvalue weighted by Gasteiger charge is -2.12. The highest BCUT2D eigenvalue weighted by Crippen LogP contribution is 2.23. The van der Waals surface area contributed by atoms with Crippen LogP contribution >= 0.6 is 0 Å². The molecule has 0 saturated carbocycles. The van der Waals surface area contributed by atoms with Gasteiger partial charge in [0, 0.05) is 30.5 Å². The molecule has 0 atom stereocenters. The van der Waals surface area contributed by atoms with Gasteiger partial charge >= 0.3 is 6.03 Å². The molecule has 0 aliphatic rings. The molecule has 2 amide bonds. The fraction of sp³-hybridized carbons (Fsp3) is 0.174. The molecule has 0 unspecified atom stereocenters. The van der Waals surface area contributed by atoms with E-state index >= 15 is 0 Å². The smallest absolute Gasteiger partial charge is 0.319 e. The first kappa shape index (κ1) is 18.7. The minimum atomic E-state index is -0.225. The number of rotatable bonds is 5. The molecule has 0 spiro atoms. The van der Waals surface area contributed by atoms with Crippen LogP contribution in [-0.2, 0) is 6.54 Å². The molecule has 6 nitrogen and oxygen atoms in total. The first-order valence-electron chi connectivity index (χ1n) is 9.60. The molecule has 6 heteroatoms. The van der Waals surface area contributed by atoms with Crippen LogP contribution in [0.3, 0.4) is 0 Å². The van der Waals surface area contributed by atoms with Gasteiger partial charge in [-0.2, -0.15) is 0 Å². The first-order chi connectivity index (χ1) is 14.1. The Labute approximate surface area is 169 Å². The van der Waals surface area contributed by atoms with Crippen LogP contribution in [0.4, 0.5) is 10.5 Å². The van der Waals surface area contributed by atoms with Crippen molar-refractivity contribution in [3.63, 3.8) is 0 Å². The van der Waals surface area contributed by atoms with Crippen LogP contribution in [-0.4, -0.2) is 27.1 Å². The molecule has 4 rings (SSSR count). The molecule has 0 fully saturated rings. The van der Waals surface area contributed by atoms with Gasteiger partial charge in [-0.05, 0) is 43.2 Å². The van der Waals surface area contributed by atoms with Gasteiger partial charge in [0.2, 0.25) is 0 Å². The number of nitrogens with one attached hydrogen (secondary N) is 2. The standard InChI is InChI=1S/C23H23N5O/c1-16-10-11-17(2)20(15-16)27-23(29)25-13-14-28-21(18-7-4-3-5-8-18)26-19-9-6-12-24-22(19)28/h3-12,15H,13-14H2,1-2H3,(H2,25,27,29). The van der Waals surface area contributed by atoms with Crippen LogP contribution in [0, 0.1) is 13.8 Å². The van der Waals surface area contributed by atoms with Crippen molar-refractivity contribution in [2.75, 3.05) is 11.9 Å². The molecule has 146 valence electrons. The number of carbonyl (C=O) groups excluding carboxylic acids is 1. The second-order valence-corrected chi connectivity index (χ2v) is 7.00. The average molecular weight is 385 g/mol. The predicted molar refractivity (Wildman–Crippen MR) is 116 cm³/mol. The number of aromatic nitrogens is 3. The van der Waals surface area contributed by atoms with Crippen molar-refractivity contribution in [3.05, 3.63) is 78.0 Å². The van der Waals surface area contributed by atoms with Gasteiger partial charge in [-0.1, -0.05) is 42.5 Å². The minimum absolute atomic E-state index is 0.225. The number of hydrogen-bond acceptors (Lipinski definition) is 3. The van der Waals surface area contributed by atoms with Crippen LogP contribution < -0.4 is 10.6 Å². The third-order valence-electron chi connectivity index (χ3n) is 4.80. The number of amides is 2. The summed E-state index contributed by atoms with van der Waals surface area (Å²) in [6.45, 7) is 5.01. The summed E-state index contributed by atoms with van der Waals surface area (Å²) in [6, 6.07) is 19.6. The SMILES string of the molecule is Cc1ccc(C)c(NC(=O)NCCn2c(-c3ccccc3)nc3cccnc32)c1. The molecule has 2 N–H and O–H groups in total. The molecule has 0 aliphatic heterocycles. The van der Waals surface area contributed by atoms with Crippen LogP contribution in [0.2, 0.25) is 0 Å². The fourth-order valence-corrected chi connectivity index (χ4v) is 3.30. The highest BCUT2D eigenvalue weighted by Gasteiger charge is 2.13. The van der Waals surface area contributed by atoms with Gasteiger partial charge in [0.15, 0.2) is 5.65 Å². The Balaban J connectivity index is 1.50. The maximum Gasteiger partial charge on any atom is 0.319 e. The summed E-state index contributed by atoms with van der Waals surface area (Å²) in [5.74, 6) is 0.844. The fourth-order valence-electron chi connectivity index (χ4n) is 3.30. The molecule has 0 saturated heterocycles. The molecule has 0 radical (unpaired) electrons. The van der Waals surface area contributed by atoms with E-state index in [9.17, 15) is 4.79 Å². The summed E-state index contributed by atoms with van der Waals surface area (Å²) < 4.78 is 2.04. The summed E-state index contributed by atoms with van der Waals surface area (Å²) in [5.41, 5.74) is 5.62. The summed E-state index contributed by atoms with van der Waals surface area (Å²) in [4.78, 5) is 21.6. The molecular weight excluding hydrogens is 362 g/mol. The number of fused-ring (bicyclic) bond motifs is 1. The number of carbonyl (C=O) groups is 1. The quantitative estimate of drug-likeness (QED) is 0.530. The van der Waals surface area contributed by atoms with E-state index in [4.69, 9.17) is 4.98 Å². The van der Waals surface area contributed by atoms with Crippen LogP contribution in [0.25, 0.3) is 22.6 Å². The number of aryl methyl sites for hydroxylation is 2. The van der Waals surface area contributed by atoms with Crippen molar-refractivity contribution < 1.29 is 4.79 Å². The summed E-state index contributed by atoms with van der Waals surface area (Å²) >= 11 is 0. The monoisotopic (exact) mass is 385 g/mol. The molecule has 0 bridgehead atoms. The number of pyridine rings is 1. The predicted octanol–water partition coefficient (Wildman–Crippen LogP) is 4.54. The summed E-state index contributed by atoms with van der Waals surface area (Å²) in [6.07, 6.45) is 1.76. The van der Waals surface area contributed by atoms with Gasteiger partial charge < -0.3 is 15.2 Å². The lowest BCUT2D eigenvalue weighted by atomic mass is 10.1. The lowest BCUT2D eigenvalue weighted by molar-refractivity contribution is 0.251. The van der Waals surface area contributed by atoms with E-state index in [1.807, 2.05) is 79.1 Å². The minimum Gasteiger partial charge on any atom is -0.336 e. The Morgan fingerprint density at radius 3 is 2.69 bits per heavy atom. The molecule has 0 aliphatic carbocycles. The average Bonchev–Trinajstić information content (AvgIpc) is 3.10. The number of nitrogens with zero attached hydrogens (tertiary/aromatic N) is 3. The summed E-state index contributed by atoms with van der Waals surface area (Å²) in [5, 5.41) is 5.86. The van der Waals surface area contributed by atoms with Crippen molar-refractivity contribution in [1.29, 1.82) is 0 Å². The van der Waals surface area contributed by atoms with Crippen LogP contribution in [0.5, 0.6) is 0 Å². The molecule has 2 aromatic heterocycles. The zero-order valence-electron chi connectivity index (χ0n) is 16.5. The number of anilines is 1. The van der Waals surface area contributed by atoms with Crippen molar-refractivity contribution in [1.82, 2.24) is 19.9 Å². The molecule has 29 heavy (non-hydrogen) atoms. The Kier molecular flexibility index (Phi) is 5.24. The van der Waals surface area contributed by atoms with Gasteiger partial charge in [-0.15, -0.1) is 0 Å². The maximum absolute atomic E-state index is 12.4. The summed E-state index contributed by atoms with van der Waals surface area (Å²) in [7, 11) is 0. The highest BCUT2D eigenvalue weighted by molar-refractivity contribution is 5.90. The van der Waals surface area contributed by atoms with Gasteiger partial charge in [-0.25, -0.2) is 14.8 Å². The van der Waals surface area contributed by atoms with Gasteiger partial charge in [0.25, 0.3) is 0 Å². The van der Waals surface area contributed by atoms with E-state index in [2.05, 4.69) is 15.6 Å². The van der Waals surface area contributed by atoms with Crippen molar-refractivity contribution in [2.45, 2.75) is 20.4 Å². The second kappa shape index (κ2) is 8.14. The molecule has 4 aromatic rings. The third kappa shape index (κ3) is 4.11. The number of hydrogen-bond donors (Lipinski definition) is 2. The van der Waals surface area contributed by atoms with Crippen LogP contribution in [0.15, 0.2) is 66.9 Å².